The molecule has 4 aromatic carbocycles. The molecular weight excluding hydrogens is 982 g/mol. The molecule has 0 bridgehead atoms. The van der Waals surface area contributed by atoms with E-state index in [0.717, 1.165) is 12.1 Å². The number of fused-ring (bicyclic) bond motifs is 1. The molecule has 5 N–H and O–H groups in total. The van der Waals surface area contributed by atoms with Crippen molar-refractivity contribution in [1.82, 2.24) is 0 Å². The number of hydrogen-bond acceptors (Lipinski definition) is 20. The molecule has 0 heterocycles. The van der Waals surface area contributed by atoms with Crippen LogP contribution in [0.2, 0.25) is 0 Å². The quantitative estimate of drug-likeness (QED) is 0.0306. The second kappa shape index (κ2) is 27.9. The Bertz CT molecular complexity index is 2610. The molecule has 4 rings (SSSR count). The largest absolute Gasteiger partial charge is 1.00 e. The fourth-order valence-electron chi connectivity index (χ4n) is 3.75. The standard InChI is InChI=1S/C27H24N5O9S3.Cu.4Na.2H2O4S/c1-3-42(35,36)18-7-5-6-17(14-18)29-32-26-20-9-12-23(27(34)21(20)10-11-22(26)28-16-44(39,40)41)30-31-24-15-19(8-13-25(24)33)43(37,38)4-2;;;;;;2*1-5(2,3)4/h5-11,13-15,28,33-34H,1-4,16H2,(H,39,40,41);;;;;;2*(H2,1,2,3,4)/q-3;;4*+1;;/p-3. The summed E-state index contributed by atoms with van der Waals surface area (Å²) in [6, 6.07) is 15.6. The van der Waals surface area contributed by atoms with Gasteiger partial charge in [-0.3, -0.25) is 9.11 Å². The Balaban J connectivity index is -0.000000902. The fourth-order valence-corrected chi connectivity index (χ4v) is 5.71. The van der Waals surface area contributed by atoms with Crippen LogP contribution in [0.5, 0.6) is 11.5 Å². The van der Waals surface area contributed by atoms with Gasteiger partial charge in [-0.1, -0.05) is 34.4 Å². The van der Waals surface area contributed by atoms with E-state index in [9.17, 15) is 40.0 Å². The molecule has 1 radical (unpaired) electrons. The third-order valence-corrected chi connectivity index (χ3v) is 9.55. The van der Waals surface area contributed by atoms with Crippen LogP contribution in [0.3, 0.4) is 0 Å². The van der Waals surface area contributed by atoms with E-state index in [-0.39, 0.29) is 196 Å². The van der Waals surface area contributed by atoms with Crippen LogP contribution in [-0.4, -0.2) is 92.4 Å². The molecule has 0 saturated heterocycles. The molecular formula is C27H25CuN5Na4O17S5-2. The van der Waals surface area contributed by atoms with Gasteiger partial charge in [-0.15, -0.1) is 5.11 Å². The van der Waals surface area contributed by atoms with E-state index in [1.54, 1.807) is 0 Å². The summed E-state index contributed by atoms with van der Waals surface area (Å²) in [6.07, 6.45) is 0. The van der Waals surface area contributed by atoms with Gasteiger partial charge in [-0.25, -0.2) is 42.1 Å². The van der Waals surface area contributed by atoms with Gasteiger partial charge in [0.25, 0.3) is 0 Å². The topological polar surface area (TPSA) is 382 Å². The average Bonchev–Trinajstić information content (AvgIpc) is 3.05. The molecule has 307 valence electrons. The molecule has 0 fully saturated rings. The predicted octanol–water partition coefficient (Wildman–Crippen LogP) is -8.97. The van der Waals surface area contributed by atoms with E-state index in [4.69, 9.17) is 35.0 Å². The van der Waals surface area contributed by atoms with Gasteiger partial charge in [0, 0.05) is 28.5 Å². The van der Waals surface area contributed by atoms with Crippen molar-refractivity contribution in [3.05, 3.63) is 80.6 Å². The summed E-state index contributed by atoms with van der Waals surface area (Å²) in [7, 11) is -21.9. The Morgan fingerprint density at radius 2 is 1.17 bits per heavy atom. The average molecular weight is 1010 g/mol. The summed E-state index contributed by atoms with van der Waals surface area (Å²) in [4.78, 5) is -0.185. The van der Waals surface area contributed by atoms with Crippen LogP contribution in [-0.2, 0) is 67.7 Å². The monoisotopic (exact) mass is 1010 g/mol. The molecule has 0 unspecified atom stereocenters. The van der Waals surface area contributed by atoms with E-state index in [1.165, 1.54) is 48.5 Å². The number of nitrogens with one attached hydrogen (secondary N) is 1. The van der Waals surface area contributed by atoms with Crippen LogP contribution in [0.1, 0.15) is 0 Å². The Morgan fingerprint density at radius 3 is 1.66 bits per heavy atom. The zero-order valence-corrected chi connectivity index (χ0v) is 44.1. The van der Waals surface area contributed by atoms with Gasteiger partial charge in [0.15, 0.2) is 19.7 Å². The summed E-state index contributed by atoms with van der Waals surface area (Å²) >= 11 is 0. The normalized spacial score (nSPS) is 11.5. The van der Waals surface area contributed by atoms with Gasteiger partial charge in [0.2, 0.25) is 20.8 Å². The van der Waals surface area contributed by atoms with Gasteiger partial charge < -0.3 is 43.0 Å². The SMILES string of the molecule is O=S(=O)([O-])O.O=S(=O)([O-])O.[CH2-]CS(=O)(=O)c1cccc(N=Nc2c(NCS(=O)(=O)[O-])ccc3c(O)c(N=Nc4cc(S(=O)(=O)C[CH2-])ccc4O)[c-]cc23)c1.[Cu].[Na+].[Na+].[Na+].[Na+]. The molecule has 4 aromatic rings. The minimum absolute atomic E-state index is 0. The number of phenols is 2. The Hall–Kier alpha value is -0.191. The number of benzene rings is 4. The van der Waals surface area contributed by atoms with E-state index in [0.29, 0.717) is 0 Å². The van der Waals surface area contributed by atoms with Crippen molar-refractivity contribution in [3.8, 4) is 11.5 Å². The summed E-state index contributed by atoms with van der Waals surface area (Å²) in [6.45, 7) is 6.78. The number of anilines is 1. The van der Waals surface area contributed by atoms with Crippen molar-refractivity contribution in [3.63, 3.8) is 0 Å². The maximum absolute atomic E-state index is 12.2. The van der Waals surface area contributed by atoms with Gasteiger partial charge in [0.05, 0.1) is 26.9 Å². The number of azo groups is 2. The molecule has 32 heteroatoms. The first kappa shape index (κ1) is 65.4. The summed E-state index contributed by atoms with van der Waals surface area (Å²) in [5.74, 6) is -2.65. The second-order valence-corrected chi connectivity index (χ2v) is 17.2. The molecule has 59 heavy (non-hydrogen) atoms. The van der Waals surface area contributed by atoms with Gasteiger partial charge in [-0.2, -0.15) is 27.5 Å². The molecule has 0 saturated carbocycles. The van der Waals surface area contributed by atoms with E-state index in [1.807, 2.05) is 0 Å². The molecule has 22 nitrogen and oxygen atoms in total. The van der Waals surface area contributed by atoms with E-state index in [2.05, 4.69) is 45.7 Å². The van der Waals surface area contributed by atoms with Gasteiger partial charge in [-0.05, 0) is 42.5 Å². The number of nitrogens with zero attached hydrogens (tertiary/aromatic N) is 4. The van der Waals surface area contributed by atoms with Crippen molar-refractivity contribution >= 4 is 89.8 Å². The molecule has 0 atom stereocenters. The smallest absolute Gasteiger partial charge is 0.747 e. The molecule has 0 amide bonds. The zero-order chi connectivity index (χ0) is 41.3. The Morgan fingerprint density at radius 1 is 0.661 bits per heavy atom. The number of rotatable bonds is 11. The molecule has 0 aliphatic carbocycles. The van der Waals surface area contributed by atoms with Crippen molar-refractivity contribution in [1.29, 1.82) is 0 Å². The third-order valence-electron chi connectivity index (χ3n) is 6.03. The van der Waals surface area contributed by atoms with Gasteiger partial charge in [0.1, 0.15) is 27.4 Å². The van der Waals surface area contributed by atoms with Crippen LogP contribution < -0.4 is 124 Å². The van der Waals surface area contributed by atoms with E-state index < -0.39 is 68.0 Å². The Kier molecular flexibility index (Phi) is 30.9. The Labute approximate surface area is 438 Å². The molecule has 0 aliphatic heterocycles. The summed E-state index contributed by atoms with van der Waals surface area (Å²) in [5, 5.41) is 39.8. The minimum Gasteiger partial charge on any atom is -0.747 e. The maximum atomic E-state index is 12.2. The molecule has 0 aromatic heterocycles. The first-order chi connectivity index (χ1) is 24.6. The zero-order valence-electron chi connectivity index (χ0n) is 31.0. The van der Waals surface area contributed by atoms with Crippen molar-refractivity contribution < 1.29 is 210 Å². The minimum atomic E-state index is -4.92. The van der Waals surface area contributed by atoms with Crippen LogP contribution in [0.25, 0.3) is 10.8 Å². The van der Waals surface area contributed by atoms with Crippen molar-refractivity contribution in [2.45, 2.75) is 9.79 Å². The molecule has 0 aliphatic rings. The van der Waals surface area contributed by atoms with E-state index >= 15 is 0 Å². The predicted molar refractivity (Wildman–Crippen MR) is 185 cm³/mol. The number of aromatic hydroxyl groups is 2. The first-order valence-corrected chi connectivity index (χ1v) is 21.3. The van der Waals surface area contributed by atoms with Crippen LogP contribution in [0.15, 0.2) is 90.9 Å². The van der Waals surface area contributed by atoms with Crippen LogP contribution in [0, 0.1) is 19.9 Å². The van der Waals surface area contributed by atoms with Crippen LogP contribution >= 0.6 is 0 Å². The van der Waals surface area contributed by atoms with Crippen molar-refractivity contribution in [2.24, 2.45) is 20.5 Å². The summed E-state index contributed by atoms with van der Waals surface area (Å²) in [5.41, 5.74) is -0.281. The number of hydrogen-bond donors (Lipinski definition) is 5. The maximum Gasteiger partial charge on any atom is 1.00 e. The fraction of sp³-hybridized carbons (Fsp3) is 0.111. The second-order valence-electron chi connectivity index (χ2n) is 9.83. The van der Waals surface area contributed by atoms with Gasteiger partial charge >= 0.3 is 118 Å². The first-order valence-electron chi connectivity index (χ1n) is 13.7. The summed E-state index contributed by atoms with van der Waals surface area (Å²) < 4.78 is 148. The van der Waals surface area contributed by atoms with Crippen LogP contribution in [0.4, 0.5) is 28.4 Å². The third kappa shape index (κ3) is 23.9. The number of phenolic OH excluding ortho intramolecular Hbond substituents is 2. The molecule has 0 spiro atoms. The van der Waals surface area contributed by atoms with Crippen molar-refractivity contribution in [2.75, 3.05) is 22.7 Å². The number of sulfone groups is 2.